The van der Waals surface area contributed by atoms with E-state index in [2.05, 4.69) is 15.7 Å². The first-order chi connectivity index (χ1) is 16.0. The summed E-state index contributed by atoms with van der Waals surface area (Å²) in [6.45, 7) is 6.36. The van der Waals surface area contributed by atoms with Crippen molar-refractivity contribution in [3.05, 3.63) is 71.1 Å². The molecular formula is C25H35ClFN5O. The van der Waals surface area contributed by atoms with E-state index in [0.717, 1.165) is 30.1 Å². The number of nitrogens with two attached hydrogens (primary N) is 1. The number of likely N-dealkylation sites (N-methyl/N-ethyl adjacent to an activating group) is 1. The Balaban J connectivity index is 0.000000268. The van der Waals surface area contributed by atoms with Crippen molar-refractivity contribution in [3.8, 4) is 11.3 Å². The van der Waals surface area contributed by atoms with Crippen molar-refractivity contribution in [2.45, 2.75) is 32.7 Å². The first-order valence-corrected chi connectivity index (χ1v) is 11.4. The van der Waals surface area contributed by atoms with Crippen molar-refractivity contribution >= 4 is 23.6 Å². The van der Waals surface area contributed by atoms with Crippen LogP contribution in [-0.4, -0.2) is 42.2 Å². The second kappa shape index (κ2) is 16.0. The number of hydrogen-bond donors (Lipinski definition) is 3. The van der Waals surface area contributed by atoms with Crippen LogP contribution in [0.15, 0.2) is 54.7 Å². The SMILES string of the molecule is CC.CNC1CCCNC1.Cn1ncc(Cl)c1-c1ccc(C=O)cc1N.Fc1ccccc1. The lowest BCUT2D eigenvalue weighted by atomic mass is 10.1. The Morgan fingerprint density at radius 1 is 1.24 bits per heavy atom. The quantitative estimate of drug-likeness (QED) is 0.369. The molecule has 3 aromatic rings. The molecule has 6 nitrogen and oxygen atoms in total. The number of hydrogen-bond acceptors (Lipinski definition) is 5. The molecule has 1 aliphatic rings. The van der Waals surface area contributed by atoms with Crippen molar-refractivity contribution in [2.24, 2.45) is 7.05 Å². The number of halogens is 2. The molecular weight excluding hydrogens is 441 g/mol. The number of piperidine rings is 1. The molecule has 0 bridgehead atoms. The zero-order valence-electron chi connectivity index (χ0n) is 19.8. The number of nitrogens with zero attached hydrogens (tertiary/aromatic N) is 2. The minimum absolute atomic E-state index is 0.178. The first kappa shape index (κ1) is 28.3. The van der Waals surface area contributed by atoms with Crippen LogP contribution in [0.2, 0.25) is 5.02 Å². The molecule has 0 radical (unpaired) electrons. The highest BCUT2D eigenvalue weighted by atomic mass is 35.5. The molecule has 1 fully saturated rings. The normalized spacial score (nSPS) is 14.4. The summed E-state index contributed by atoms with van der Waals surface area (Å²) >= 11 is 6.02. The van der Waals surface area contributed by atoms with E-state index in [1.54, 1.807) is 54.3 Å². The molecule has 0 amide bonds. The van der Waals surface area contributed by atoms with Gasteiger partial charge in [0.1, 0.15) is 12.1 Å². The van der Waals surface area contributed by atoms with Crippen molar-refractivity contribution in [1.82, 2.24) is 20.4 Å². The van der Waals surface area contributed by atoms with Crippen molar-refractivity contribution in [1.29, 1.82) is 0 Å². The van der Waals surface area contributed by atoms with E-state index in [9.17, 15) is 9.18 Å². The Labute approximate surface area is 201 Å². The van der Waals surface area contributed by atoms with Crippen LogP contribution in [0.4, 0.5) is 10.1 Å². The van der Waals surface area contributed by atoms with Gasteiger partial charge in [-0.25, -0.2) is 4.39 Å². The number of aryl methyl sites for hydroxylation is 1. The minimum atomic E-state index is -0.178. The lowest BCUT2D eigenvalue weighted by molar-refractivity contribution is 0.112. The number of aromatic nitrogens is 2. The van der Waals surface area contributed by atoms with Gasteiger partial charge < -0.3 is 16.4 Å². The number of carbonyl (C=O) groups excluding carboxylic acids is 1. The van der Waals surface area contributed by atoms with Crippen LogP contribution in [0.25, 0.3) is 11.3 Å². The van der Waals surface area contributed by atoms with Gasteiger partial charge >= 0.3 is 0 Å². The number of nitrogens with one attached hydrogen (secondary N) is 2. The van der Waals surface area contributed by atoms with E-state index in [1.807, 2.05) is 20.9 Å². The van der Waals surface area contributed by atoms with Crippen LogP contribution in [0.3, 0.4) is 0 Å². The fourth-order valence-electron chi connectivity index (χ4n) is 3.10. The second-order valence-corrected chi connectivity index (χ2v) is 7.46. The third kappa shape index (κ3) is 9.74. The fourth-order valence-corrected chi connectivity index (χ4v) is 3.36. The Hall–Kier alpha value is -2.74. The molecule has 33 heavy (non-hydrogen) atoms. The van der Waals surface area contributed by atoms with Crippen molar-refractivity contribution in [3.63, 3.8) is 0 Å². The van der Waals surface area contributed by atoms with E-state index >= 15 is 0 Å². The summed E-state index contributed by atoms with van der Waals surface area (Å²) < 4.78 is 13.6. The highest BCUT2D eigenvalue weighted by Crippen LogP contribution is 2.31. The molecule has 0 aliphatic carbocycles. The van der Waals surface area contributed by atoms with Crippen LogP contribution < -0.4 is 16.4 Å². The van der Waals surface area contributed by atoms with E-state index < -0.39 is 0 Å². The summed E-state index contributed by atoms with van der Waals surface area (Å²) in [6, 6.07) is 13.7. The van der Waals surface area contributed by atoms with E-state index in [0.29, 0.717) is 16.3 Å². The summed E-state index contributed by atoms with van der Waals surface area (Å²) in [4.78, 5) is 10.6. The maximum atomic E-state index is 11.9. The molecule has 180 valence electrons. The summed E-state index contributed by atoms with van der Waals surface area (Å²) in [7, 11) is 3.81. The van der Waals surface area contributed by atoms with Gasteiger partial charge in [-0.05, 0) is 50.7 Å². The molecule has 1 unspecified atom stereocenters. The van der Waals surface area contributed by atoms with E-state index in [4.69, 9.17) is 17.3 Å². The molecule has 2 heterocycles. The van der Waals surface area contributed by atoms with Gasteiger partial charge in [-0.3, -0.25) is 9.48 Å². The molecule has 1 atom stereocenters. The number of aldehydes is 1. The van der Waals surface area contributed by atoms with Crippen molar-refractivity contribution in [2.75, 3.05) is 25.9 Å². The third-order valence-electron chi connectivity index (χ3n) is 4.80. The summed E-state index contributed by atoms with van der Waals surface area (Å²) in [6.07, 6.45) is 4.98. The van der Waals surface area contributed by atoms with Gasteiger partial charge in [0.25, 0.3) is 0 Å². The third-order valence-corrected chi connectivity index (χ3v) is 5.08. The number of carbonyl (C=O) groups is 1. The lowest BCUT2D eigenvalue weighted by Crippen LogP contribution is -2.41. The highest BCUT2D eigenvalue weighted by molar-refractivity contribution is 6.33. The molecule has 0 saturated carbocycles. The molecule has 2 aromatic carbocycles. The number of nitrogen functional groups attached to an aromatic ring is 1. The topological polar surface area (TPSA) is 85.0 Å². The molecule has 1 aliphatic heterocycles. The van der Waals surface area contributed by atoms with Crippen LogP contribution in [0.1, 0.15) is 37.0 Å². The zero-order valence-corrected chi connectivity index (χ0v) is 20.6. The Kier molecular flexibility index (Phi) is 13.7. The van der Waals surface area contributed by atoms with Crippen LogP contribution in [0, 0.1) is 5.82 Å². The van der Waals surface area contributed by atoms with Crippen LogP contribution in [0.5, 0.6) is 0 Å². The molecule has 0 spiro atoms. The predicted octanol–water partition coefficient (Wildman–Crippen LogP) is 4.94. The predicted molar refractivity (Wildman–Crippen MR) is 136 cm³/mol. The maximum Gasteiger partial charge on any atom is 0.150 e. The monoisotopic (exact) mass is 475 g/mol. The van der Waals surface area contributed by atoms with Gasteiger partial charge in [0, 0.05) is 36.4 Å². The van der Waals surface area contributed by atoms with Gasteiger partial charge in [0.15, 0.2) is 0 Å². The van der Waals surface area contributed by atoms with Crippen LogP contribution in [-0.2, 0) is 7.05 Å². The maximum absolute atomic E-state index is 11.9. The summed E-state index contributed by atoms with van der Waals surface area (Å²) in [5.74, 6) is -0.178. The average Bonchev–Trinajstić information content (AvgIpc) is 3.19. The van der Waals surface area contributed by atoms with Gasteiger partial charge in [-0.2, -0.15) is 5.10 Å². The summed E-state index contributed by atoms with van der Waals surface area (Å²) in [5, 5.41) is 11.1. The Morgan fingerprint density at radius 2 is 1.94 bits per heavy atom. The second-order valence-electron chi connectivity index (χ2n) is 7.06. The minimum Gasteiger partial charge on any atom is -0.398 e. The molecule has 4 rings (SSSR count). The van der Waals surface area contributed by atoms with E-state index in [-0.39, 0.29) is 5.82 Å². The molecule has 4 N–H and O–H groups in total. The van der Waals surface area contributed by atoms with Gasteiger partial charge in [0.2, 0.25) is 0 Å². The molecule has 1 aromatic heterocycles. The van der Waals surface area contributed by atoms with Gasteiger partial charge in [-0.1, -0.05) is 49.7 Å². The average molecular weight is 476 g/mol. The smallest absolute Gasteiger partial charge is 0.150 e. The number of anilines is 1. The summed E-state index contributed by atoms with van der Waals surface area (Å²) in [5.41, 5.74) is 8.44. The lowest BCUT2D eigenvalue weighted by Gasteiger charge is -2.21. The van der Waals surface area contributed by atoms with E-state index in [1.165, 1.54) is 31.5 Å². The Morgan fingerprint density at radius 3 is 2.33 bits per heavy atom. The Bertz CT molecular complexity index is 924. The van der Waals surface area contributed by atoms with Gasteiger partial charge in [-0.15, -0.1) is 0 Å². The fraction of sp³-hybridized carbons (Fsp3) is 0.360. The largest absolute Gasteiger partial charge is 0.398 e. The molecule has 1 saturated heterocycles. The van der Waals surface area contributed by atoms with Crippen LogP contribution >= 0.6 is 11.6 Å². The standard InChI is InChI=1S/C11H10ClN3O.C6H5F.C6H14N2.C2H6/c1-15-11(9(12)5-14-15)8-3-2-7(6-16)4-10(8)13;7-6-4-2-1-3-5-6;1-7-6-3-2-4-8-5-6;1-2/h2-6H,13H2,1H3;1-5H;6-8H,2-5H2,1H3;1-2H3. The molecule has 8 heteroatoms. The first-order valence-electron chi connectivity index (χ1n) is 11.1. The number of benzene rings is 2. The van der Waals surface area contributed by atoms with Gasteiger partial charge in [0.05, 0.1) is 16.9 Å². The zero-order chi connectivity index (χ0) is 24.6. The van der Waals surface area contributed by atoms with Crippen molar-refractivity contribution < 1.29 is 9.18 Å². The highest BCUT2D eigenvalue weighted by Gasteiger charge is 2.12. The number of rotatable bonds is 3.